The van der Waals surface area contributed by atoms with Crippen LogP contribution in [0, 0.1) is 6.92 Å². The molecule has 3 aromatic rings. The van der Waals surface area contributed by atoms with Crippen molar-refractivity contribution in [1.29, 1.82) is 0 Å². The van der Waals surface area contributed by atoms with Gasteiger partial charge >= 0.3 is 0 Å². The molecule has 0 N–H and O–H groups in total. The number of hydrogen-bond donors (Lipinski definition) is 0. The number of hydrogen-bond acceptors (Lipinski definition) is 6. The molecule has 0 radical (unpaired) electrons. The zero-order valence-corrected chi connectivity index (χ0v) is 15.7. The first-order valence-corrected chi connectivity index (χ1v) is 9.42. The molecule has 2 aromatic heterocycles. The van der Waals surface area contributed by atoms with Crippen molar-refractivity contribution in [3.05, 3.63) is 50.9 Å². The van der Waals surface area contributed by atoms with Gasteiger partial charge in [0.2, 0.25) is 0 Å². The first kappa shape index (κ1) is 16.8. The Balaban J connectivity index is 1.78. The Hall–Kier alpha value is -2.67. The van der Waals surface area contributed by atoms with Crippen molar-refractivity contribution in [2.75, 3.05) is 6.61 Å². The van der Waals surface area contributed by atoms with E-state index in [0.717, 1.165) is 33.9 Å². The van der Waals surface area contributed by atoms with Gasteiger partial charge in [-0.05, 0) is 44.4 Å². The molecule has 0 saturated carbocycles. The highest BCUT2D eigenvalue weighted by molar-refractivity contribution is 7.16. The molecule has 1 atom stereocenters. The van der Waals surface area contributed by atoms with Crippen LogP contribution in [0.5, 0.6) is 11.5 Å². The molecule has 6 nitrogen and oxygen atoms in total. The van der Waals surface area contributed by atoms with Crippen LogP contribution in [0.2, 0.25) is 0 Å². The van der Waals surface area contributed by atoms with Crippen molar-refractivity contribution < 1.29 is 9.47 Å². The molecule has 4 rings (SSSR count). The zero-order chi connectivity index (χ0) is 18.3. The van der Waals surface area contributed by atoms with Crippen molar-refractivity contribution in [1.82, 2.24) is 9.66 Å². The van der Waals surface area contributed by atoms with E-state index < -0.39 is 0 Å². The third-order valence-corrected chi connectivity index (χ3v) is 5.08. The van der Waals surface area contributed by atoms with Crippen LogP contribution in [0.25, 0.3) is 10.2 Å². The molecule has 1 aliphatic heterocycles. The predicted octanol–water partition coefficient (Wildman–Crippen LogP) is 3.37. The van der Waals surface area contributed by atoms with E-state index in [9.17, 15) is 4.79 Å². The Kier molecular flexibility index (Phi) is 4.24. The second kappa shape index (κ2) is 6.57. The highest BCUT2D eigenvalue weighted by atomic mass is 32.1. The van der Waals surface area contributed by atoms with Gasteiger partial charge in [0, 0.05) is 17.5 Å². The van der Waals surface area contributed by atoms with Gasteiger partial charge in [-0.25, -0.2) is 4.98 Å². The fourth-order valence-electron chi connectivity index (χ4n) is 3.10. The number of aromatic nitrogens is 2. The Labute approximate surface area is 154 Å². The molecule has 134 valence electrons. The molecule has 1 aromatic carbocycles. The summed E-state index contributed by atoms with van der Waals surface area (Å²) in [6, 6.07) is 5.70. The van der Waals surface area contributed by atoms with Crippen LogP contribution in [0.15, 0.2) is 33.5 Å². The van der Waals surface area contributed by atoms with Crippen molar-refractivity contribution in [2.45, 2.75) is 33.3 Å². The SMILES string of the molecule is CCOc1cc2c(cc1/C=N\n1c(C)nc3sccc3c1=O)O[C@@H](C)C2. The van der Waals surface area contributed by atoms with Crippen LogP contribution in [0.3, 0.4) is 0 Å². The summed E-state index contributed by atoms with van der Waals surface area (Å²) in [5, 5.41) is 6.82. The summed E-state index contributed by atoms with van der Waals surface area (Å²) in [5.41, 5.74) is 1.73. The topological polar surface area (TPSA) is 65.7 Å². The number of benzene rings is 1. The van der Waals surface area contributed by atoms with E-state index in [-0.39, 0.29) is 11.7 Å². The summed E-state index contributed by atoms with van der Waals surface area (Å²) < 4.78 is 12.9. The Morgan fingerprint density at radius 1 is 1.50 bits per heavy atom. The van der Waals surface area contributed by atoms with Gasteiger partial charge in [0.1, 0.15) is 28.3 Å². The van der Waals surface area contributed by atoms with E-state index >= 15 is 0 Å². The lowest BCUT2D eigenvalue weighted by Gasteiger charge is -2.10. The smallest absolute Gasteiger partial charge is 0.282 e. The number of aryl methyl sites for hydroxylation is 1. The number of nitrogens with zero attached hydrogens (tertiary/aromatic N) is 3. The Morgan fingerprint density at radius 3 is 3.15 bits per heavy atom. The molecule has 26 heavy (non-hydrogen) atoms. The minimum atomic E-state index is -0.172. The highest BCUT2D eigenvalue weighted by Gasteiger charge is 2.21. The number of rotatable bonds is 4. The molecule has 0 fully saturated rings. The summed E-state index contributed by atoms with van der Waals surface area (Å²) in [5.74, 6) is 2.13. The van der Waals surface area contributed by atoms with Crippen LogP contribution in [-0.2, 0) is 6.42 Å². The van der Waals surface area contributed by atoms with Crippen LogP contribution in [-0.4, -0.2) is 28.6 Å². The quantitative estimate of drug-likeness (QED) is 0.662. The van der Waals surface area contributed by atoms with E-state index in [1.54, 1.807) is 19.2 Å². The Morgan fingerprint density at radius 2 is 2.35 bits per heavy atom. The predicted molar refractivity (Wildman–Crippen MR) is 103 cm³/mol. The average molecular weight is 369 g/mol. The fourth-order valence-corrected chi connectivity index (χ4v) is 3.90. The summed E-state index contributed by atoms with van der Waals surface area (Å²) in [6.45, 7) is 6.31. The van der Waals surface area contributed by atoms with Gasteiger partial charge in [-0.1, -0.05) is 0 Å². The van der Waals surface area contributed by atoms with Gasteiger partial charge in [-0.2, -0.15) is 9.78 Å². The van der Waals surface area contributed by atoms with Crippen LogP contribution in [0.1, 0.15) is 30.8 Å². The van der Waals surface area contributed by atoms with Gasteiger partial charge < -0.3 is 9.47 Å². The lowest BCUT2D eigenvalue weighted by Crippen LogP contribution is -2.19. The van der Waals surface area contributed by atoms with Gasteiger partial charge in [0.15, 0.2) is 0 Å². The lowest BCUT2D eigenvalue weighted by molar-refractivity contribution is 0.254. The van der Waals surface area contributed by atoms with Crippen molar-refractivity contribution >= 4 is 27.8 Å². The lowest BCUT2D eigenvalue weighted by atomic mass is 10.1. The Bertz CT molecular complexity index is 1070. The van der Waals surface area contributed by atoms with Gasteiger partial charge in [0.25, 0.3) is 5.56 Å². The van der Waals surface area contributed by atoms with Gasteiger partial charge in [-0.3, -0.25) is 4.79 Å². The first-order chi connectivity index (χ1) is 12.6. The minimum absolute atomic E-state index is 0.154. The molecule has 7 heteroatoms. The van der Waals surface area contributed by atoms with Crippen molar-refractivity contribution in [3.63, 3.8) is 0 Å². The number of ether oxygens (including phenoxy) is 2. The molecular weight excluding hydrogens is 350 g/mol. The van der Waals surface area contributed by atoms with E-state index in [1.807, 2.05) is 31.4 Å². The molecule has 0 amide bonds. The molecule has 0 saturated heterocycles. The molecule has 0 unspecified atom stereocenters. The molecule has 1 aliphatic rings. The van der Waals surface area contributed by atoms with Gasteiger partial charge in [0.05, 0.1) is 18.2 Å². The second-order valence-electron chi connectivity index (χ2n) is 6.22. The molecule has 0 aliphatic carbocycles. The normalized spacial score (nSPS) is 16.2. The highest BCUT2D eigenvalue weighted by Crippen LogP contribution is 2.34. The van der Waals surface area contributed by atoms with E-state index in [0.29, 0.717) is 17.8 Å². The van der Waals surface area contributed by atoms with Crippen LogP contribution < -0.4 is 15.0 Å². The fraction of sp³-hybridized carbons (Fsp3) is 0.316. The average Bonchev–Trinajstić information content (AvgIpc) is 3.20. The maximum Gasteiger partial charge on any atom is 0.282 e. The monoisotopic (exact) mass is 369 g/mol. The maximum atomic E-state index is 12.6. The summed E-state index contributed by atoms with van der Waals surface area (Å²) in [6.07, 6.45) is 2.65. The standard InChI is InChI=1S/C19H19N3O3S/c1-4-24-16-8-13-7-11(2)25-17(13)9-14(16)10-20-22-12(3)21-18-15(19(22)23)5-6-26-18/h5-6,8-11H,4,7H2,1-3H3/b20-10-/t11-/m0/s1. The first-order valence-electron chi connectivity index (χ1n) is 8.54. The van der Waals surface area contributed by atoms with Crippen molar-refractivity contribution in [2.24, 2.45) is 5.10 Å². The number of fused-ring (bicyclic) bond motifs is 2. The zero-order valence-electron chi connectivity index (χ0n) is 14.9. The van der Waals surface area contributed by atoms with E-state index in [1.165, 1.54) is 16.0 Å². The van der Waals surface area contributed by atoms with E-state index in [4.69, 9.17) is 9.47 Å². The van der Waals surface area contributed by atoms with Crippen LogP contribution in [0.4, 0.5) is 0 Å². The third-order valence-electron chi connectivity index (χ3n) is 4.28. The number of thiophene rings is 1. The molecule has 3 heterocycles. The van der Waals surface area contributed by atoms with Crippen molar-refractivity contribution in [3.8, 4) is 11.5 Å². The van der Waals surface area contributed by atoms with Crippen LogP contribution >= 0.6 is 11.3 Å². The second-order valence-corrected chi connectivity index (χ2v) is 7.12. The summed E-state index contributed by atoms with van der Waals surface area (Å²) >= 11 is 1.45. The molecular formula is C19H19N3O3S. The largest absolute Gasteiger partial charge is 0.493 e. The maximum absolute atomic E-state index is 12.6. The molecule has 0 spiro atoms. The summed E-state index contributed by atoms with van der Waals surface area (Å²) in [7, 11) is 0. The van der Waals surface area contributed by atoms with E-state index in [2.05, 4.69) is 10.1 Å². The summed E-state index contributed by atoms with van der Waals surface area (Å²) in [4.78, 5) is 17.8. The van der Waals surface area contributed by atoms with Gasteiger partial charge in [-0.15, -0.1) is 11.3 Å². The minimum Gasteiger partial charge on any atom is -0.493 e. The third kappa shape index (κ3) is 2.88. The molecule has 0 bridgehead atoms.